The van der Waals surface area contributed by atoms with Crippen molar-refractivity contribution in [2.75, 3.05) is 27.4 Å². The fourth-order valence-corrected chi connectivity index (χ4v) is 2.61. The average Bonchev–Trinajstić information content (AvgIpc) is 2.60. The molecule has 1 atom stereocenters. The van der Waals surface area contributed by atoms with Crippen molar-refractivity contribution >= 4 is 5.96 Å². The number of nitrogens with one attached hydrogen (secondary N) is 1. The lowest BCUT2D eigenvalue weighted by molar-refractivity contribution is 0.0122. The van der Waals surface area contributed by atoms with Crippen LogP contribution in [0.5, 0.6) is 11.5 Å². The molecule has 3 N–H and O–H groups in total. The van der Waals surface area contributed by atoms with E-state index in [9.17, 15) is 0 Å². The van der Waals surface area contributed by atoms with Crippen LogP contribution in [0, 0.1) is 0 Å². The minimum atomic E-state index is 0.356. The Morgan fingerprint density at radius 1 is 1.30 bits per heavy atom. The highest BCUT2D eigenvalue weighted by atomic mass is 16.5. The van der Waals surface area contributed by atoms with Crippen molar-refractivity contribution in [3.8, 4) is 11.5 Å². The largest absolute Gasteiger partial charge is 0.493 e. The molecule has 1 saturated heterocycles. The van der Waals surface area contributed by atoms with Crippen LogP contribution in [0.25, 0.3) is 0 Å². The van der Waals surface area contributed by atoms with Gasteiger partial charge in [-0.2, -0.15) is 0 Å². The van der Waals surface area contributed by atoms with Crippen LogP contribution in [0.4, 0.5) is 0 Å². The molecule has 0 aromatic heterocycles. The van der Waals surface area contributed by atoms with E-state index in [0.717, 1.165) is 31.6 Å². The van der Waals surface area contributed by atoms with Crippen molar-refractivity contribution in [1.29, 1.82) is 0 Å². The highest BCUT2D eigenvalue weighted by Crippen LogP contribution is 2.27. The van der Waals surface area contributed by atoms with Crippen LogP contribution >= 0.6 is 0 Å². The summed E-state index contributed by atoms with van der Waals surface area (Å²) in [6.45, 7) is 2.17. The number of nitrogens with zero attached hydrogens (tertiary/aromatic N) is 1. The molecular weight excluding hydrogens is 294 g/mol. The molecule has 6 heteroatoms. The number of hydrogen-bond acceptors (Lipinski definition) is 4. The van der Waals surface area contributed by atoms with Gasteiger partial charge in [0.05, 0.1) is 26.9 Å². The minimum Gasteiger partial charge on any atom is -0.493 e. The molecule has 2 rings (SSSR count). The van der Waals surface area contributed by atoms with Crippen LogP contribution in [0.3, 0.4) is 0 Å². The van der Waals surface area contributed by atoms with Gasteiger partial charge in [0.15, 0.2) is 17.5 Å². The predicted octanol–water partition coefficient (Wildman–Crippen LogP) is 2.07. The van der Waals surface area contributed by atoms with Crippen molar-refractivity contribution in [1.82, 2.24) is 5.32 Å². The molecule has 1 unspecified atom stereocenters. The molecule has 1 aromatic rings. The van der Waals surface area contributed by atoms with E-state index in [1.807, 2.05) is 18.2 Å². The van der Waals surface area contributed by atoms with Crippen molar-refractivity contribution in [3.63, 3.8) is 0 Å². The molecule has 1 fully saturated rings. The average molecular weight is 321 g/mol. The van der Waals surface area contributed by atoms with E-state index in [-0.39, 0.29) is 0 Å². The highest BCUT2D eigenvalue weighted by Gasteiger charge is 2.13. The van der Waals surface area contributed by atoms with E-state index in [4.69, 9.17) is 19.9 Å². The van der Waals surface area contributed by atoms with E-state index < -0.39 is 0 Å². The third kappa shape index (κ3) is 5.63. The molecule has 0 saturated carbocycles. The first-order valence-corrected chi connectivity index (χ1v) is 8.09. The fraction of sp³-hybridized carbons (Fsp3) is 0.588. The Labute approximate surface area is 138 Å². The number of ether oxygens (including phenoxy) is 3. The van der Waals surface area contributed by atoms with Gasteiger partial charge in [0, 0.05) is 13.2 Å². The molecule has 0 spiro atoms. The summed E-state index contributed by atoms with van der Waals surface area (Å²) in [6.07, 6.45) is 4.90. The van der Waals surface area contributed by atoms with Gasteiger partial charge in [-0.1, -0.05) is 6.07 Å². The zero-order valence-corrected chi connectivity index (χ0v) is 14.0. The van der Waals surface area contributed by atoms with Gasteiger partial charge in [-0.05, 0) is 43.4 Å². The summed E-state index contributed by atoms with van der Waals surface area (Å²) in [5.41, 5.74) is 6.92. The Morgan fingerprint density at radius 3 is 2.83 bits per heavy atom. The summed E-state index contributed by atoms with van der Waals surface area (Å²) >= 11 is 0. The lowest BCUT2D eigenvalue weighted by atomic mass is 10.1. The standard InChI is InChI=1S/C17H27N3O3/c1-21-15-7-6-13(11-16(15)22-2)12-20-17(18)19-9-8-14-5-3-4-10-23-14/h6-7,11,14H,3-5,8-10,12H2,1-2H3,(H3,18,19,20). The van der Waals surface area contributed by atoms with E-state index in [2.05, 4.69) is 10.3 Å². The summed E-state index contributed by atoms with van der Waals surface area (Å²) in [5.74, 6) is 1.86. The summed E-state index contributed by atoms with van der Waals surface area (Å²) in [4.78, 5) is 4.35. The molecule has 1 aromatic carbocycles. The Bertz CT molecular complexity index is 514. The monoisotopic (exact) mass is 321 g/mol. The van der Waals surface area contributed by atoms with Gasteiger partial charge in [-0.15, -0.1) is 0 Å². The van der Waals surface area contributed by atoms with Gasteiger partial charge in [-0.3, -0.25) is 0 Å². The normalized spacial score (nSPS) is 18.5. The Hall–Kier alpha value is -1.95. The van der Waals surface area contributed by atoms with E-state index in [1.165, 1.54) is 12.8 Å². The molecule has 0 radical (unpaired) electrons. The Kier molecular flexibility index (Phi) is 7.00. The minimum absolute atomic E-state index is 0.356. The van der Waals surface area contributed by atoms with E-state index >= 15 is 0 Å². The molecule has 1 aliphatic heterocycles. The zero-order valence-electron chi connectivity index (χ0n) is 14.0. The van der Waals surface area contributed by atoms with Crippen molar-refractivity contribution in [2.24, 2.45) is 10.7 Å². The van der Waals surface area contributed by atoms with Gasteiger partial charge in [-0.25, -0.2) is 4.99 Å². The van der Waals surface area contributed by atoms with Crippen molar-refractivity contribution in [3.05, 3.63) is 23.8 Å². The van der Waals surface area contributed by atoms with Crippen molar-refractivity contribution < 1.29 is 14.2 Å². The lowest BCUT2D eigenvalue weighted by Gasteiger charge is -2.22. The smallest absolute Gasteiger partial charge is 0.188 e. The second kappa shape index (κ2) is 9.25. The molecule has 1 aliphatic rings. The molecule has 6 nitrogen and oxygen atoms in total. The maximum Gasteiger partial charge on any atom is 0.188 e. The van der Waals surface area contributed by atoms with E-state index in [1.54, 1.807) is 14.2 Å². The number of rotatable bonds is 7. The van der Waals surface area contributed by atoms with Gasteiger partial charge in [0.25, 0.3) is 0 Å². The quantitative estimate of drug-likeness (QED) is 0.594. The predicted molar refractivity (Wildman–Crippen MR) is 91.1 cm³/mol. The highest BCUT2D eigenvalue weighted by molar-refractivity contribution is 5.77. The Balaban J connectivity index is 1.77. The number of guanidine groups is 1. The van der Waals surface area contributed by atoms with Crippen LogP contribution in [0.1, 0.15) is 31.2 Å². The molecular formula is C17H27N3O3. The third-order valence-corrected chi connectivity index (χ3v) is 3.93. The number of aliphatic imine (C=N–C) groups is 1. The number of hydrogen-bond donors (Lipinski definition) is 2. The summed E-state index contributed by atoms with van der Waals surface area (Å²) in [7, 11) is 3.24. The topological polar surface area (TPSA) is 78.1 Å². The van der Waals surface area contributed by atoms with Crippen LogP contribution < -0.4 is 20.5 Å². The van der Waals surface area contributed by atoms with Crippen LogP contribution in [0.15, 0.2) is 23.2 Å². The van der Waals surface area contributed by atoms with Gasteiger partial charge >= 0.3 is 0 Å². The molecule has 128 valence electrons. The maximum absolute atomic E-state index is 5.91. The van der Waals surface area contributed by atoms with E-state index in [0.29, 0.717) is 30.1 Å². The first kappa shape index (κ1) is 17.4. The van der Waals surface area contributed by atoms with Gasteiger partial charge in [0.1, 0.15) is 0 Å². The number of methoxy groups -OCH3 is 2. The molecule has 0 bridgehead atoms. The SMILES string of the molecule is COc1ccc(CN=C(N)NCCC2CCCCO2)cc1OC. The van der Waals surface area contributed by atoms with Crippen molar-refractivity contribution in [2.45, 2.75) is 38.3 Å². The first-order chi connectivity index (χ1) is 11.2. The second-order valence-corrected chi connectivity index (χ2v) is 5.59. The molecule has 1 heterocycles. The van der Waals surface area contributed by atoms with Crippen LogP contribution in [-0.2, 0) is 11.3 Å². The molecule has 23 heavy (non-hydrogen) atoms. The molecule has 0 amide bonds. The number of nitrogens with two attached hydrogens (primary N) is 1. The van der Waals surface area contributed by atoms with Gasteiger partial charge < -0.3 is 25.3 Å². The molecule has 0 aliphatic carbocycles. The van der Waals surface area contributed by atoms with Gasteiger partial charge in [0.2, 0.25) is 0 Å². The first-order valence-electron chi connectivity index (χ1n) is 8.09. The summed E-state index contributed by atoms with van der Waals surface area (Å²) in [6, 6.07) is 5.73. The third-order valence-electron chi connectivity index (χ3n) is 3.93. The lowest BCUT2D eigenvalue weighted by Crippen LogP contribution is -2.34. The number of benzene rings is 1. The summed E-state index contributed by atoms with van der Waals surface area (Å²) < 4.78 is 16.2. The van der Waals surface area contributed by atoms with Crippen LogP contribution in [-0.4, -0.2) is 39.4 Å². The van der Waals surface area contributed by atoms with Crippen LogP contribution in [0.2, 0.25) is 0 Å². The fourth-order valence-electron chi connectivity index (χ4n) is 2.61. The Morgan fingerprint density at radius 2 is 2.13 bits per heavy atom. The zero-order chi connectivity index (χ0) is 16.5. The summed E-state index contributed by atoms with van der Waals surface area (Å²) in [5, 5.41) is 3.14. The second-order valence-electron chi connectivity index (χ2n) is 5.59. The maximum atomic E-state index is 5.91.